The Labute approximate surface area is 112 Å². The van der Waals surface area contributed by atoms with Crippen LogP contribution < -0.4 is 5.73 Å². The normalized spacial score (nSPS) is 10.4. The van der Waals surface area contributed by atoms with E-state index in [0.29, 0.717) is 24.1 Å². The largest absolute Gasteiger partial charge is 0.507 e. The molecule has 0 fully saturated rings. The minimum absolute atomic E-state index is 0.0739. The minimum Gasteiger partial charge on any atom is -0.507 e. The number of ketones is 1. The van der Waals surface area contributed by atoms with E-state index in [0.717, 1.165) is 12.0 Å². The van der Waals surface area contributed by atoms with E-state index < -0.39 is 0 Å². The SMILES string of the molecule is NCCCc1cccc(C(=O)c2ccccc2)c1O. The number of carbonyl (C=O) groups excluding carboxylic acids is 1. The lowest BCUT2D eigenvalue weighted by molar-refractivity contribution is 0.103. The van der Waals surface area contributed by atoms with E-state index in [4.69, 9.17) is 5.73 Å². The topological polar surface area (TPSA) is 63.3 Å². The van der Waals surface area contributed by atoms with Gasteiger partial charge < -0.3 is 10.8 Å². The third-order valence-electron chi connectivity index (χ3n) is 3.05. The number of phenolic OH excluding ortho intramolecular Hbond substituents is 1. The van der Waals surface area contributed by atoms with E-state index in [1.807, 2.05) is 24.3 Å². The first-order valence-electron chi connectivity index (χ1n) is 6.34. The number of aromatic hydroxyl groups is 1. The van der Waals surface area contributed by atoms with E-state index in [2.05, 4.69) is 0 Å². The van der Waals surface area contributed by atoms with Crippen molar-refractivity contribution < 1.29 is 9.90 Å². The Morgan fingerprint density at radius 1 is 1.05 bits per heavy atom. The van der Waals surface area contributed by atoms with Gasteiger partial charge in [0.2, 0.25) is 0 Å². The van der Waals surface area contributed by atoms with E-state index in [1.54, 1.807) is 24.3 Å². The smallest absolute Gasteiger partial charge is 0.196 e. The Morgan fingerprint density at radius 2 is 1.79 bits per heavy atom. The van der Waals surface area contributed by atoms with Crippen molar-refractivity contribution in [2.75, 3.05) is 6.54 Å². The van der Waals surface area contributed by atoms with Crippen LogP contribution in [0, 0.1) is 0 Å². The van der Waals surface area contributed by atoms with Gasteiger partial charge in [0.15, 0.2) is 5.78 Å². The predicted octanol–water partition coefficient (Wildman–Crippen LogP) is 2.51. The van der Waals surface area contributed by atoms with Crippen molar-refractivity contribution in [3.05, 3.63) is 65.2 Å². The molecule has 2 rings (SSSR count). The van der Waals surface area contributed by atoms with E-state index in [-0.39, 0.29) is 11.5 Å². The lowest BCUT2D eigenvalue weighted by Gasteiger charge is -2.08. The monoisotopic (exact) mass is 255 g/mol. The number of benzene rings is 2. The summed E-state index contributed by atoms with van der Waals surface area (Å²) in [6, 6.07) is 14.2. The van der Waals surface area contributed by atoms with Crippen LogP contribution in [0.25, 0.3) is 0 Å². The lowest BCUT2D eigenvalue weighted by atomic mass is 9.98. The number of phenols is 1. The maximum Gasteiger partial charge on any atom is 0.196 e. The highest BCUT2D eigenvalue weighted by atomic mass is 16.3. The van der Waals surface area contributed by atoms with Crippen LogP contribution in [0.2, 0.25) is 0 Å². The number of rotatable bonds is 5. The number of nitrogens with two attached hydrogens (primary N) is 1. The maximum absolute atomic E-state index is 12.3. The van der Waals surface area contributed by atoms with Crippen molar-refractivity contribution in [3.8, 4) is 5.75 Å². The molecular formula is C16H17NO2. The molecule has 0 spiro atoms. The number of para-hydroxylation sites is 1. The Morgan fingerprint density at radius 3 is 2.47 bits per heavy atom. The standard InChI is InChI=1S/C16H17NO2/c17-11-5-9-13-8-4-10-14(16(13)19)15(18)12-6-2-1-3-7-12/h1-4,6-8,10,19H,5,9,11,17H2. The molecule has 3 nitrogen and oxygen atoms in total. The molecule has 0 atom stereocenters. The molecule has 0 aromatic heterocycles. The molecule has 19 heavy (non-hydrogen) atoms. The molecule has 0 radical (unpaired) electrons. The van der Waals surface area contributed by atoms with Crippen molar-refractivity contribution in [1.82, 2.24) is 0 Å². The van der Waals surface area contributed by atoms with Crippen LogP contribution >= 0.6 is 0 Å². The van der Waals surface area contributed by atoms with Crippen molar-refractivity contribution in [2.45, 2.75) is 12.8 Å². The molecule has 2 aromatic carbocycles. The first-order chi connectivity index (χ1) is 9.24. The Hall–Kier alpha value is -2.13. The highest BCUT2D eigenvalue weighted by molar-refractivity contribution is 6.10. The zero-order valence-electron chi connectivity index (χ0n) is 10.7. The molecule has 2 aromatic rings. The molecule has 98 valence electrons. The van der Waals surface area contributed by atoms with E-state index in [1.165, 1.54) is 0 Å². The first-order valence-corrected chi connectivity index (χ1v) is 6.34. The van der Waals surface area contributed by atoms with Gasteiger partial charge in [-0.05, 0) is 31.0 Å². The van der Waals surface area contributed by atoms with Crippen LogP contribution in [0.5, 0.6) is 5.75 Å². The molecule has 0 aliphatic heterocycles. The molecule has 0 amide bonds. The van der Waals surface area contributed by atoms with E-state index in [9.17, 15) is 9.90 Å². The Kier molecular flexibility index (Phi) is 4.31. The van der Waals surface area contributed by atoms with Gasteiger partial charge in [0.25, 0.3) is 0 Å². The van der Waals surface area contributed by atoms with Gasteiger partial charge in [-0.1, -0.05) is 42.5 Å². The molecule has 0 unspecified atom stereocenters. The van der Waals surface area contributed by atoms with Crippen LogP contribution in [-0.2, 0) is 6.42 Å². The minimum atomic E-state index is -0.160. The van der Waals surface area contributed by atoms with Gasteiger partial charge in [-0.3, -0.25) is 4.79 Å². The van der Waals surface area contributed by atoms with Gasteiger partial charge in [-0.15, -0.1) is 0 Å². The van der Waals surface area contributed by atoms with Gasteiger partial charge in [-0.25, -0.2) is 0 Å². The van der Waals surface area contributed by atoms with Crippen LogP contribution in [0.1, 0.15) is 27.9 Å². The van der Waals surface area contributed by atoms with Crippen molar-refractivity contribution >= 4 is 5.78 Å². The summed E-state index contributed by atoms with van der Waals surface area (Å²) < 4.78 is 0. The summed E-state index contributed by atoms with van der Waals surface area (Å²) in [5, 5.41) is 10.2. The maximum atomic E-state index is 12.3. The zero-order chi connectivity index (χ0) is 13.7. The van der Waals surface area contributed by atoms with Crippen LogP contribution in [0.4, 0.5) is 0 Å². The zero-order valence-corrected chi connectivity index (χ0v) is 10.7. The highest BCUT2D eigenvalue weighted by Crippen LogP contribution is 2.25. The van der Waals surface area contributed by atoms with Gasteiger partial charge in [0.1, 0.15) is 5.75 Å². The molecule has 0 bridgehead atoms. The van der Waals surface area contributed by atoms with Crippen LogP contribution in [0.3, 0.4) is 0 Å². The molecule has 0 aliphatic rings. The third kappa shape index (κ3) is 3.01. The molecule has 0 saturated heterocycles. The lowest BCUT2D eigenvalue weighted by Crippen LogP contribution is -2.04. The number of aryl methyl sites for hydroxylation is 1. The van der Waals surface area contributed by atoms with Crippen molar-refractivity contribution in [1.29, 1.82) is 0 Å². The molecule has 0 aliphatic carbocycles. The predicted molar refractivity (Wildman–Crippen MR) is 75.4 cm³/mol. The van der Waals surface area contributed by atoms with Crippen LogP contribution in [0.15, 0.2) is 48.5 Å². The second-order valence-electron chi connectivity index (χ2n) is 4.40. The molecule has 0 heterocycles. The number of hydrogen-bond acceptors (Lipinski definition) is 3. The summed E-state index contributed by atoms with van der Waals surface area (Å²) in [7, 11) is 0. The van der Waals surface area contributed by atoms with E-state index >= 15 is 0 Å². The van der Waals surface area contributed by atoms with Crippen LogP contribution in [-0.4, -0.2) is 17.4 Å². The Balaban J connectivity index is 2.32. The fourth-order valence-corrected chi connectivity index (χ4v) is 2.01. The third-order valence-corrected chi connectivity index (χ3v) is 3.05. The van der Waals surface area contributed by atoms with Gasteiger partial charge in [0.05, 0.1) is 5.56 Å². The van der Waals surface area contributed by atoms with Gasteiger partial charge in [-0.2, -0.15) is 0 Å². The van der Waals surface area contributed by atoms with Crippen molar-refractivity contribution in [3.63, 3.8) is 0 Å². The summed E-state index contributed by atoms with van der Waals surface area (Å²) >= 11 is 0. The summed E-state index contributed by atoms with van der Waals surface area (Å²) in [4.78, 5) is 12.3. The fourth-order valence-electron chi connectivity index (χ4n) is 2.01. The molecular weight excluding hydrogens is 238 g/mol. The second kappa shape index (κ2) is 6.16. The summed E-state index contributed by atoms with van der Waals surface area (Å²) in [6.45, 7) is 0.566. The highest BCUT2D eigenvalue weighted by Gasteiger charge is 2.15. The molecule has 3 N–H and O–H groups in total. The average molecular weight is 255 g/mol. The Bertz CT molecular complexity index is 564. The summed E-state index contributed by atoms with van der Waals surface area (Å²) in [6.07, 6.45) is 1.47. The second-order valence-corrected chi connectivity index (χ2v) is 4.40. The molecule has 3 heteroatoms. The molecule has 0 saturated carbocycles. The fraction of sp³-hybridized carbons (Fsp3) is 0.188. The first kappa shape index (κ1) is 13.3. The van der Waals surface area contributed by atoms with Crippen molar-refractivity contribution in [2.24, 2.45) is 5.73 Å². The number of carbonyl (C=O) groups is 1. The number of hydrogen-bond donors (Lipinski definition) is 2. The van der Waals surface area contributed by atoms with Gasteiger partial charge in [0, 0.05) is 5.56 Å². The summed E-state index contributed by atoms with van der Waals surface area (Å²) in [5.41, 5.74) is 7.16. The quantitative estimate of drug-likeness (QED) is 0.807. The van der Waals surface area contributed by atoms with Gasteiger partial charge >= 0.3 is 0 Å². The average Bonchev–Trinajstić information content (AvgIpc) is 2.46. The summed E-state index contributed by atoms with van der Waals surface area (Å²) in [5.74, 6) is -0.0856.